The first-order valence-electron chi connectivity index (χ1n) is 7.34. The zero-order valence-electron chi connectivity index (χ0n) is 14.0. The summed E-state index contributed by atoms with van der Waals surface area (Å²) in [7, 11) is 2.99. The number of amides is 2. The Morgan fingerprint density at radius 2 is 1.65 bits per heavy atom. The minimum absolute atomic E-state index is 0.0944. The lowest BCUT2D eigenvalue weighted by atomic mass is 10.1. The number of para-hydroxylation sites is 1. The normalized spacial score (nSPS) is 11.5. The molecule has 0 saturated heterocycles. The molecule has 23 heavy (non-hydrogen) atoms. The third-order valence-corrected chi connectivity index (χ3v) is 3.33. The standard InChI is InChI=1S/C16H23N3O4/c1-11-6-5-7-12(2)16(11)18-14(21)10-19(3)9-13(20)17-8-15(22)23-4/h5-7H,8-10H2,1-4H3,(H,17,20)(H,18,21)/p+1. The zero-order chi connectivity index (χ0) is 17.4. The van der Waals surface area contributed by atoms with Gasteiger partial charge in [-0.15, -0.1) is 0 Å². The molecule has 1 unspecified atom stereocenters. The third kappa shape index (κ3) is 6.48. The van der Waals surface area contributed by atoms with Crippen molar-refractivity contribution in [2.75, 3.05) is 39.1 Å². The summed E-state index contributed by atoms with van der Waals surface area (Å²) in [6.45, 7) is 3.94. The molecule has 0 aromatic heterocycles. The number of ether oxygens (including phenoxy) is 1. The number of esters is 1. The Balaban J connectivity index is 2.45. The van der Waals surface area contributed by atoms with Crippen molar-refractivity contribution in [3.05, 3.63) is 29.3 Å². The number of methoxy groups -OCH3 is 1. The van der Waals surface area contributed by atoms with Gasteiger partial charge < -0.3 is 20.3 Å². The van der Waals surface area contributed by atoms with Crippen LogP contribution in [0.2, 0.25) is 0 Å². The van der Waals surface area contributed by atoms with Gasteiger partial charge in [0, 0.05) is 5.69 Å². The van der Waals surface area contributed by atoms with Gasteiger partial charge in [0.25, 0.3) is 11.8 Å². The van der Waals surface area contributed by atoms with Crippen LogP contribution in [0.5, 0.6) is 0 Å². The van der Waals surface area contributed by atoms with Crippen LogP contribution in [0, 0.1) is 13.8 Å². The number of carbonyl (C=O) groups excluding carboxylic acids is 3. The first-order valence-corrected chi connectivity index (χ1v) is 7.34. The number of hydrogen-bond donors (Lipinski definition) is 3. The molecule has 0 heterocycles. The second-order valence-corrected chi connectivity index (χ2v) is 5.48. The second-order valence-electron chi connectivity index (χ2n) is 5.48. The van der Waals surface area contributed by atoms with E-state index in [4.69, 9.17) is 0 Å². The van der Waals surface area contributed by atoms with Crippen LogP contribution in [0.4, 0.5) is 5.69 Å². The Labute approximate surface area is 136 Å². The Morgan fingerprint density at radius 3 is 2.22 bits per heavy atom. The number of likely N-dealkylation sites (N-methyl/N-ethyl adjacent to an activating group) is 1. The van der Waals surface area contributed by atoms with Gasteiger partial charge >= 0.3 is 5.97 Å². The Hall–Kier alpha value is -2.41. The maximum Gasteiger partial charge on any atom is 0.325 e. The number of nitrogens with one attached hydrogen (secondary N) is 3. The summed E-state index contributed by atoms with van der Waals surface area (Å²) in [6.07, 6.45) is 0. The summed E-state index contributed by atoms with van der Waals surface area (Å²) in [6, 6.07) is 5.79. The van der Waals surface area contributed by atoms with E-state index in [1.807, 2.05) is 32.0 Å². The molecule has 3 N–H and O–H groups in total. The molecule has 2 amide bonds. The molecule has 1 rings (SSSR count). The number of anilines is 1. The third-order valence-electron chi connectivity index (χ3n) is 3.33. The van der Waals surface area contributed by atoms with Crippen LogP contribution < -0.4 is 15.5 Å². The summed E-state index contributed by atoms with van der Waals surface area (Å²) in [5.74, 6) is -0.989. The van der Waals surface area contributed by atoms with Crippen molar-refractivity contribution in [3.8, 4) is 0 Å². The van der Waals surface area contributed by atoms with E-state index in [9.17, 15) is 14.4 Å². The summed E-state index contributed by atoms with van der Waals surface area (Å²) < 4.78 is 4.43. The van der Waals surface area contributed by atoms with E-state index in [1.54, 1.807) is 7.05 Å². The highest BCUT2D eigenvalue weighted by Crippen LogP contribution is 2.18. The van der Waals surface area contributed by atoms with Crippen molar-refractivity contribution in [3.63, 3.8) is 0 Å². The van der Waals surface area contributed by atoms with Gasteiger partial charge in [-0.3, -0.25) is 14.4 Å². The van der Waals surface area contributed by atoms with Crippen LogP contribution in [0.25, 0.3) is 0 Å². The predicted molar refractivity (Wildman–Crippen MR) is 86.2 cm³/mol. The van der Waals surface area contributed by atoms with Gasteiger partial charge in [-0.25, -0.2) is 0 Å². The zero-order valence-corrected chi connectivity index (χ0v) is 14.0. The number of rotatable bonds is 7. The molecule has 0 aliphatic rings. The van der Waals surface area contributed by atoms with Crippen molar-refractivity contribution in [2.24, 2.45) is 0 Å². The van der Waals surface area contributed by atoms with Gasteiger partial charge in [0.2, 0.25) is 0 Å². The van der Waals surface area contributed by atoms with E-state index in [0.717, 1.165) is 21.7 Å². The fourth-order valence-corrected chi connectivity index (χ4v) is 2.11. The fraction of sp³-hybridized carbons (Fsp3) is 0.438. The van der Waals surface area contributed by atoms with Crippen molar-refractivity contribution in [2.45, 2.75) is 13.8 Å². The van der Waals surface area contributed by atoms with Gasteiger partial charge in [0.1, 0.15) is 6.54 Å². The van der Waals surface area contributed by atoms with E-state index in [2.05, 4.69) is 15.4 Å². The number of aryl methyl sites for hydroxylation is 2. The number of carbonyl (C=O) groups is 3. The van der Waals surface area contributed by atoms with Crippen LogP contribution in [-0.4, -0.2) is 51.6 Å². The topological polar surface area (TPSA) is 88.9 Å². The van der Waals surface area contributed by atoms with Crippen molar-refractivity contribution in [1.29, 1.82) is 0 Å². The molecule has 0 radical (unpaired) electrons. The smallest absolute Gasteiger partial charge is 0.325 e. The number of hydrogen-bond acceptors (Lipinski definition) is 4. The molecule has 7 nitrogen and oxygen atoms in total. The van der Waals surface area contributed by atoms with E-state index in [1.165, 1.54) is 7.11 Å². The Bertz CT molecular complexity index is 566. The maximum absolute atomic E-state index is 12.1. The summed E-state index contributed by atoms with van der Waals surface area (Å²) >= 11 is 0. The Morgan fingerprint density at radius 1 is 1.09 bits per heavy atom. The molecule has 0 aliphatic heterocycles. The van der Waals surface area contributed by atoms with Gasteiger partial charge in [0.15, 0.2) is 13.1 Å². The van der Waals surface area contributed by atoms with Gasteiger partial charge in [-0.05, 0) is 25.0 Å². The predicted octanol–water partition coefficient (Wildman–Crippen LogP) is -0.954. The molecule has 0 fully saturated rings. The van der Waals surface area contributed by atoms with E-state index in [-0.39, 0.29) is 31.4 Å². The van der Waals surface area contributed by atoms with Crippen LogP contribution in [0.15, 0.2) is 18.2 Å². The molecule has 1 aromatic carbocycles. The van der Waals surface area contributed by atoms with Crippen LogP contribution in [-0.2, 0) is 19.1 Å². The van der Waals surface area contributed by atoms with Crippen molar-refractivity contribution in [1.82, 2.24) is 5.32 Å². The maximum atomic E-state index is 12.1. The van der Waals surface area contributed by atoms with Crippen LogP contribution >= 0.6 is 0 Å². The largest absolute Gasteiger partial charge is 0.468 e. The first-order chi connectivity index (χ1) is 10.8. The second kappa shape index (κ2) is 8.89. The van der Waals surface area contributed by atoms with Crippen molar-refractivity contribution >= 4 is 23.5 Å². The van der Waals surface area contributed by atoms with Gasteiger partial charge in [0.05, 0.1) is 14.2 Å². The molecule has 0 bridgehead atoms. The molecule has 126 valence electrons. The molecular formula is C16H24N3O4+. The average molecular weight is 322 g/mol. The summed E-state index contributed by atoms with van der Waals surface area (Å²) in [4.78, 5) is 35.4. The summed E-state index contributed by atoms with van der Waals surface area (Å²) in [5.41, 5.74) is 2.79. The number of benzene rings is 1. The highest BCUT2D eigenvalue weighted by atomic mass is 16.5. The Kier molecular flexibility index (Phi) is 7.21. The fourth-order valence-electron chi connectivity index (χ4n) is 2.11. The van der Waals surface area contributed by atoms with Crippen LogP contribution in [0.3, 0.4) is 0 Å². The van der Waals surface area contributed by atoms with Gasteiger partial charge in [-0.1, -0.05) is 18.2 Å². The minimum atomic E-state index is -0.510. The molecular weight excluding hydrogens is 298 g/mol. The van der Waals surface area contributed by atoms with Gasteiger partial charge in [-0.2, -0.15) is 0 Å². The molecule has 0 spiro atoms. The lowest BCUT2D eigenvalue weighted by Gasteiger charge is -2.15. The molecule has 1 aromatic rings. The lowest BCUT2D eigenvalue weighted by molar-refractivity contribution is -0.862. The summed E-state index contributed by atoms with van der Waals surface area (Å²) in [5, 5.41) is 5.32. The highest BCUT2D eigenvalue weighted by Gasteiger charge is 2.16. The minimum Gasteiger partial charge on any atom is -0.468 e. The molecule has 1 atom stereocenters. The monoisotopic (exact) mass is 322 g/mol. The van der Waals surface area contributed by atoms with E-state index >= 15 is 0 Å². The molecule has 0 saturated carbocycles. The van der Waals surface area contributed by atoms with Crippen molar-refractivity contribution < 1.29 is 24.0 Å². The number of quaternary nitrogens is 1. The van der Waals surface area contributed by atoms with E-state index < -0.39 is 5.97 Å². The lowest BCUT2D eigenvalue weighted by Crippen LogP contribution is -3.11. The quantitative estimate of drug-likeness (QED) is 0.565. The first kappa shape index (κ1) is 18.6. The molecule has 7 heteroatoms. The average Bonchev–Trinajstić information content (AvgIpc) is 2.48. The highest BCUT2D eigenvalue weighted by molar-refractivity contribution is 5.93. The van der Waals surface area contributed by atoms with Crippen LogP contribution in [0.1, 0.15) is 11.1 Å². The SMILES string of the molecule is COC(=O)CNC(=O)C[NH+](C)CC(=O)Nc1c(C)cccc1C. The van der Waals surface area contributed by atoms with E-state index in [0.29, 0.717) is 0 Å². The molecule has 0 aliphatic carbocycles.